The molecule has 0 fully saturated rings. The molecule has 0 aliphatic carbocycles. The smallest absolute Gasteiger partial charge is 0.0702 e. The highest BCUT2D eigenvalue weighted by Gasteiger charge is 2.02. The fourth-order valence-corrected chi connectivity index (χ4v) is 3.32. The lowest BCUT2D eigenvalue weighted by Crippen LogP contribution is -1.94. The van der Waals surface area contributed by atoms with Crippen molar-refractivity contribution >= 4 is 0 Å². The van der Waals surface area contributed by atoms with Crippen molar-refractivity contribution in [1.82, 2.24) is 4.98 Å². The fraction of sp³-hybridized carbons (Fsp3) is 0.320. The van der Waals surface area contributed by atoms with Gasteiger partial charge in [-0.15, -0.1) is 0 Å². The zero-order valence-electron chi connectivity index (χ0n) is 16.0. The van der Waals surface area contributed by atoms with E-state index in [1.807, 2.05) is 6.20 Å². The molecule has 0 bridgehead atoms. The average Bonchev–Trinajstić information content (AvgIpc) is 2.69. The number of rotatable bonds is 8. The molecule has 0 saturated carbocycles. The molecular weight excluding hydrogens is 314 g/mol. The van der Waals surface area contributed by atoms with E-state index >= 15 is 0 Å². The van der Waals surface area contributed by atoms with E-state index in [2.05, 4.69) is 79.5 Å². The first-order valence-corrected chi connectivity index (χ1v) is 9.90. The third-order valence-electron chi connectivity index (χ3n) is 4.88. The summed E-state index contributed by atoms with van der Waals surface area (Å²) < 4.78 is 0. The van der Waals surface area contributed by atoms with Gasteiger partial charge in [-0.1, -0.05) is 81.3 Å². The van der Waals surface area contributed by atoms with Crippen LogP contribution in [0.1, 0.15) is 48.9 Å². The summed E-state index contributed by atoms with van der Waals surface area (Å²) in [5, 5.41) is 0. The Balaban J connectivity index is 1.58. The van der Waals surface area contributed by atoms with E-state index in [1.54, 1.807) is 0 Å². The van der Waals surface area contributed by atoms with Crippen LogP contribution in [0, 0.1) is 0 Å². The minimum atomic E-state index is 1.04. The fourth-order valence-electron chi connectivity index (χ4n) is 3.32. The maximum atomic E-state index is 4.68. The highest BCUT2D eigenvalue weighted by atomic mass is 14.7. The lowest BCUT2D eigenvalue weighted by atomic mass is 10.0. The Labute approximate surface area is 158 Å². The van der Waals surface area contributed by atoms with Crippen LogP contribution in [0.25, 0.3) is 11.3 Å². The third-order valence-corrected chi connectivity index (χ3v) is 4.88. The summed E-state index contributed by atoms with van der Waals surface area (Å²) in [6.45, 7) is 4.44. The van der Waals surface area contributed by atoms with Gasteiger partial charge in [0.15, 0.2) is 0 Å². The molecule has 1 heterocycles. The molecule has 1 heteroatoms. The predicted molar refractivity (Wildman–Crippen MR) is 112 cm³/mol. The number of benzene rings is 2. The van der Waals surface area contributed by atoms with Crippen molar-refractivity contribution < 1.29 is 0 Å². The Morgan fingerprint density at radius 3 is 1.50 bits per heavy atom. The number of aryl methyl sites for hydroxylation is 4. The van der Waals surface area contributed by atoms with Crippen molar-refractivity contribution in [2.45, 2.75) is 52.4 Å². The van der Waals surface area contributed by atoms with E-state index in [0.29, 0.717) is 0 Å². The van der Waals surface area contributed by atoms with Crippen LogP contribution in [0.15, 0.2) is 66.9 Å². The molecule has 0 saturated heterocycles. The third kappa shape index (κ3) is 5.05. The van der Waals surface area contributed by atoms with Crippen molar-refractivity contribution in [2.75, 3.05) is 0 Å². The summed E-state index contributed by atoms with van der Waals surface area (Å²) in [4.78, 5) is 4.68. The Kier molecular flexibility index (Phi) is 6.60. The van der Waals surface area contributed by atoms with Gasteiger partial charge < -0.3 is 0 Å². The molecule has 0 aliphatic rings. The molecule has 0 unspecified atom stereocenters. The first-order chi connectivity index (χ1) is 12.8. The molecule has 2 aromatic carbocycles. The summed E-state index contributed by atoms with van der Waals surface area (Å²) in [7, 11) is 0. The second kappa shape index (κ2) is 9.33. The SMILES string of the molecule is CCCc1ccc(CCc2ccc(-c3ccc(CCC)cc3)nc2)cc1. The quantitative estimate of drug-likeness (QED) is 0.458. The maximum Gasteiger partial charge on any atom is 0.0702 e. The second-order valence-corrected chi connectivity index (χ2v) is 7.07. The molecule has 0 aliphatic heterocycles. The van der Waals surface area contributed by atoms with E-state index < -0.39 is 0 Å². The van der Waals surface area contributed by atoms with Crippen LogP contribution in [-0.4, -0.2) is 4.98 Å². The molecule has 0 atom stereocenters. The summed E-state index contributed by atoms with van der Waals surface area (Å²) >= 11 is 0. The highest BCUT2D eigenvalue weighted by molar-refractivity contribution is 5.59. The summed E-state index contributed by atoms with van der Waals surface area (Å²) in [5.74, 6) is 0. The maximum absolute atomic E-state index is 4.68. The molecule has 134 valence electrons. The molecule has 3 rings (SSSR count). The van der Waals surface area contributed by atoms with E-state index in [9.17, 15) is 0 Å². The van der Waals surface area contributed by atoms with Crippen molar-refractivity contribution in [3.8, 4) is 11.3 Å². The minimum Gasteiger partial charge on any atom is -0.256 e. The van der Waals surface area contributed by atoms with Gasteiger partial charge >= 0.3 is 0 Å². The van der Waals surface area contributed by atoms with Gasteiger partial charge in [0.2, 0.25) is 0 Å². The molecule has 1 aromatic heterocycles. The Bertz CT molecular complexity index is 783. The van der Waals surface area contributed by atoms with Crippen molar-refractivity contribution in [3.05, 3.63) is 89.1 Å². The molecule has 3 aromatic rings. The van der Waals surface area contributed by atoms with E-state index in [-0.39, 0.29) is 0 Å². The lowest BCUT2D eigenvalue weighted by molar-refractivity contribution is 0.913. The van der Waals surface area contributed by atoms with Crippen LogP contribution in [0.4, 0.5) is 0 Å². The first kappa shape index (κ1) is 18.4. The number of nitrogens with zero attached hydrogens (tertiary/aromatic N) is 1. The van der Waals surface area contributed by atoms with Crippen LogP contribution in [-0.2, 0) is 25.7 Å². The van der Waals surface area contributed by atoms with Crippen molar-refractivity contribution in [3.63, 3.8) is 0 Å². The number of hydrogen-bond acceptors (Lipinski definition) is 1. The van der Waals surface area contributed by atoms with Gasteiger partial charge in [-0.25, -0.2) is 0 Å². The van der Waals surface area contributed by atoms with Crippen LogP contribution in [0.3, 0.4) is 0 Å². The molecule has 0 N–H and O–H groups in total. The van der Waals surface area contributed by atoms with Gasteiger partial charge in [0.05, 0.1) is 5.69 Å². The number of hydrogen-bond donors (Lipinski definition) is 0. The molecular formula is C25H29N. The van der Waals surface area contributed by atoms with Crippen molar-refractivity contribution in [1.29, 1.82) is 0 Å². The van der Waals surface area contributed by atoms with Crippen LogP contribution < -0.4 is 0 Å². The van der Waals surface area contributed by atoms with Crippen molar-refractivity contribution in [2.24, 2.45) is 0 Å². The molecule has 0 spiro atoms. The standard InChI is InChI=1S/C25H29N/c1-3-5-20-7-9-22(10-8-20)11-12-23-15-18-25(26-19-23)24-16-13-21(6-4-2)14-17-24/h7-10,13-19H,3-6,11-12H2,1-2H3. The monoisotopic (exact) mass is 343 g/mol. The van der Waals surface area contributed by atoms with Gasteiger partial charge in [-0.2, -0.15) is 0 Å². The average molecular weight is 344 g/mol. The van der Waals surface area contributed by atoms with Gasteiger partial charge in [0.1, 0.15) is 0 Å². The largest absolute Gasteiger partial charge is 0.256 e. The van der Waals surface area contributed by atoms with Gasteiger partial charge in [0.25, 0.3) is 0 Å². The lowest BCUT2D eigenvalue weighted by Gasteiger charge is -2.06. The minimum absolute atomic E-state index is 1.04. The van der Waals surface area contributed by atoms with Gasteiger partial charge in [0, 0.05) is 11.8 Å². The first-order valence-electron chi connectivity index (χ1n) is 9.90. The Morgan fingerprint density at radius 1 is 0.538 bits per heavy atom. The summed E-state index contributed by atoms with van der Waals surface area (Å²) in [5.41, 5.74) is 7.79. The topological polar surface area (TPSA) is 12.9 Å². The normalized spacial score (nSPS) is 10.8. The Morgan fingerprint density at radius 2 is 1.00 bits per heavy atom. The molecule has 0 amide bonds. The summed E-state index contributed by atoms with van der Waals surface area (Å²) in [6.07, 6.45) is 8.85. The van der Waals surface area contributed by atoms with Crippen LogP contribution in [0.5, 0.6) is 0 Å². The predicted octanol–water partition coefficient (Wildman–Crippen LogP) is 6.44. The van der Waals surface area contributed by atoms with Gasteiger partial charge in [-0.3, -0.25) is 4.98 Å². The van der Waals surface area contributed by atoms with E-state index in [1.165, 1.54) is 47.1 Å². The van der Waals surface area contributed by atoms with Gasteiger partial charge in [-0.05, 0) is 54.0 Å². The molecule has 0 radical (unpaired) electrons. The second-order valence-electron chi connectivity index (χ2n) is 7.07. The summed E-state index contributed by atoms with van der Waals surface area (Å²) in [6, 6.07) is 22.2. The zero-order valence-corrected chi connectivity index (χ0v) is 16.0. The zero-order chi connectivity index (χ0) is 18.2. The van der Waals surface area contributed by atoms with E-state index in [0.717, 1.165) is 25.0 Å². The van der Waals surface area contributed by atoms with Crippen LogP contribution >= 0.6 is 0 Å². The van der Waals surface area contributed by atoms with Crippen LogP contribution in [0.2, 0.25) is 0 Å². The van der Waals surface area contributed by atoms with E-state index in [4.69, 9.17) is 0 Å². The highest BCUT2D eigenvalue weighted by Crippen LogP contribution is 2.19. The molecule has 1 nitrogen and oxygen atoms in total. The molecule has 26 heavy (non-hydrogen) atoms. The number of pyridine rings is 1. The Hall–Kier alpha value is -2.41. The number of aromatic nitrogens is 1.